The molecule has 0 aliphatic heterocycles. The zero-order chi connectivity index (χ0) is 25.7. The van der Waals surface area contributed by atoms with Crippen molar-refractivity contribution in [1.82, 2.24) is 10.7 Å². The third-order valence-corrected chi connectivity index (χ3v) is 4.36. The van der Waals surface area contributed by atoms with E-state index in [-0.39, 0.29) is 13.2 Å². The molecule has 0 aliphatic carbocycles. The van der Waals surface area contributed by atoms with E-state index in [1.807, 2.05) is 44.2 Å². The van der Waals surface area contributed by atoms with Crippen molar-refractivity contribution in [2.24, 2.45) is 5.10 Å². The number of benzene rings is 2. The van der Waals surface area contributed by atoms with Crippen LogP contribution in [-0.2, 0) is 20.9 Å². The van der Waals surface area contributed by atoms with Crippen LogP contribution in [0.5, 0.6) is 11.5 Å². The van der Waals surface area contributed by atoms with Crippen LogP contribution in [0.2, 0.25) is 0 Å². The lowest BCUT2D eigenvalue weighted by Gasteiger charge is -2.22. The highest BCUT2D eigenvalue weighted by atomic mass is 16.6. The molecule has 1 atom stereocenters. The van der Waals surface area contributed by atoms with Crippen LogP contribution in [0.4, 0.5) is 4.79 Å². The molecule has 0 bridgehead atoms. The molecule has 0 unspecified atom stereocenters. The highest BCUT2D eigenvalue weighted by Gasteiger charge is 2.24. The second kappa shape index (κ2) is 14.0. The molecule has 2 amide bonds. The van der Waals surface area contributed by atoms with Crippen molar-refractivity contribution >= 4 is 18.2 Å². The molecule has 35 heavy (non-hydrogen) atoms. The fraction of sp³-hybridized carbons (Fsp3) is 0.423. The molecule has 2 rings (SSSR count). The molecular formula is C26H35N3O6. The van der Waals surface area contributed by atoms with Crippen LogP contribution in [0, 0.1) is 0 Å². The van der Waals surface area contributed by atoms with Crippen molar-refractivity contribution in [1.29, 1.82) is 0 Å². The summed E-state index contributed by atoms with van der Waals surface area (Å²) in [5.41, 5.74) is 3.39. The summed E-state index contributed by atoms with van der Waals surface area (Å²) in [5, 5.41) is 6.57. The van der Waals surface area contributed by atoms with Crippen molar-refractivity contribution in [3.63, 3.8) is 0 Å². The molecule has 0 saturated carbocycles. The van der Waals surface area contributed by atoms with Gasteiger partial charge in [0.1, 0.15) is 11.6 Å². The first-order valence-electron chi connectivity index (χ1n) is 11.6. The lowest BCUT2D eigenvalue weighted by molar-refractivity contribution is -0.124. The highest BCUT2D eigenvalue weighted by molar-refractivity contribution is 5.87. The molecule has 0 heterocycles. The summed E-state index contributed by atoms with van der Waals surface area (Å²) in [5.74, 6) is 0.673. The molecule has 190 valence electrons. The Kier molecular flexibility index (Phi) is 11.0. The number of ether oxygens (including phenoxy) is 4. The lowest BCUT2D eigenvalue weighted by atomic mass is 10.2. The maximum absolute atomic E-state index is 12.8. The van der Waals surface area contributed by atoms with Crippen LogP contribution in [0.15, 0.2) is 53.6 Å². The van der Waals surface area contributed by atoms with Crippen LogP contribution in [0.3, 0.4) is 0 Å². The van der Waals surface area contributed by atoms with Crippen molar-refractivity contribution in [3.8, 4) is 11.5 Å². The van der Waals surface area contributed by atoms with E-state index in [4.69, 9.17) is 18.9 Å². The summed E-state index contributed by atoms with van der Waals surface area (Å²) in [6.07, 6.45) is 0.753. The quantitative estimate of drug-likeness (QED) is 0.347. The zero-order valence-electron chi connectivity index (χ0n) is 21.0. The Morgan fingerprint density at radius 1 is 1.00 bits per heavy atom. The van der Waals surface area contributed by atoms with Gasteiger partial charge in [-0.1, -0.05) is 30.3 Å². The molecule has 2 aromatic rings. The fourth-order valence-electron chi connectivity index (χ4n) is 2.90. The zero-order valence-corrected chi connectivity index (χ0v) is 21.0. The number of carbonyl (C=O) groups excluding carboxylic acids is 2. The minimum atomic E-state index is -1.01. The van der Waals surface area contributed by atoms with Gasteiger partial charge >= 0.3 is 6.09 Å². The summed E-state index contributed by atoms with van der Waals surface area (Å²) >= 11 is 0. The van der Waals surface area contributed by atoms with Crippen molar-refractivity contribution in [2.75, 3.05) is 19.8 Å². The standard InChI is InChI=1S/C26H35N3O6/c1-6-33-22-14-13-20(15-23(22)34-7-2)16-27-29-24(30)21(28-25(31)35-26(3,4)5)18-32-17-19-11-9-8-10-12-19/h8-16,21H,6-7,17-18H2,1-5H3,(H,28,31)(H,29,30)/b27-16-/t21-/m0/s1. The van der Waals surface area contributed by atoms with E-state index < -0.39 is 23.6 Å². The first kappa shape index (κ1) is 27.7. The van der Waals surface area contributed by atoms with Gasteiger partial charge < -0.3 is 24.3 Å². The molecule has 0 saturated heterocycles. The number of rotatable bonds is 12. The Bertz CT molecular complexity index is 973. The van der Waals surface area contributed by atoms with Crippen molar-refractivity contribution in [2.45, 2.75) is 52.9 Å². The largest absolute Gasteiger partial charge is 0.490 e. The first-order chi connectivity index (χ1) is 16.7. The molecular weight excluding hydrogens is 450 g/mol. The van der Waals surface area contributed by atoms with Crippen LogP contribution in [0.1, 0.15) is 45.7 Å². The molecule has 2 aromatic carbocycles. The summed E-state index contributed by atoms with van der Waals surface area (Å²) in [6, 6.07) is 13.9. The molecule has 2 N–H and O–H groups in total. The number of nitrogens with zero attached hydrogens (tertiary/aromatic N) is 1. The lowest BCUT2D eigenvalue weighted by Crippen LogP contribution is -2.49. The average molecular weight is 486 g/mol. The number of hydrogen-bond donors (Lipinski definition) is 2. The Labute approximate surface area is 206 Å². The van der Waals surface area contributed by atoms with Gasteiger partial charge in [-0.15, -0.1) is 0 Å². The fourth-order valence-corrected chi connectivity index (χ4v) is 2.90. The third kappa shape index (κ3) is 10.5. The van der Waals surface area contributed by atoms with Gasteiger partial charge in [-0.3, -0.25) is 4.79 Å². The van der Waals surface area contributed by atoms with Gasteiger partial charge in [0, 0.05) is 0 Å². The second-order valence-electron chi connectivity index (χ2n) is 8.51. The van der Waals surface area contributed by atoms with E-state index >= 15 is 0 Å². The van der Waals surface area contributed by atoms with E-state index in [0.29, 0.717) is 30.3 Å². The summed E-state index contributed by atoms with van der Waals surface area (Å²) in [4.78, 5) is 25.0. The van der Waals surface area contributed by atoms with Gasteiger partial charge in [0.15, 0.2) is 11.5 Å². The van der Waals surface area contributed by atoms with Gasteiger partial charge in [-0.2, -0.15) is 5.10 Å². The Morgan fingerprint density at radius 2 is 1.69 bits per heavy atom. The maximum Gasteiger partial charge on any atom is 0.408 e. The first-order valence-corrected chi connectivity index (χ1v) is 11.6. The summed E-state index contributed by atoms with van der Waals surface area (Å²) in [7, 11) is 0. The summed E-state index contributed by atoms with van der Waals surface area (Å²) in [6.45, 7) is 10.2. The summed E-state index contributed by atoms with van der Waals surface area (Å²) < 4.78 is 22.1. The van der Waals surface area contributed by atoms with Crippen molar-refractivity contribution in [3.05, 3.63) is 59.7 Å². The molecule has 9 nitrogen and oxygen atoms in total. The number of nitrogens with one attached hydrogen (secondary N) is 2. The van der Waals surface area contributed by atoms with Crippen LogP contribution in [0.25, 0.3) is 0 Å². The minimum Gasteiger partial charge on any atom is -0.490 e. The Hall–Kier alpha value is -3.59. The van der Waals surface area contributed by atoms with Crippen LogP contribution in [-0.4, -0.2) is 49.7 Å². The van der Waals surface area contributed by atoms with Gasteiger partial charge in [-0.05, 0) is 63.9 Å². The second-order valence-corrected chi connectivity index (χ2v) is 8.51. The van der Waals surface area contributed by atoms with Gasteiger partial charge in [-0.25, -0.2) is 10.2 Å². The number of carbonyl (C=O) groups is 2. The number of hydrogen-bond acceptors (Lipinski definition) is 7. The third-order valence-electron chi connectivity index (χ3n) is 4.36. The molecule has 9 heteroatoms. The van der Waals surface area contributed by atoms with Gasteiger partial charge in [0.2, 0.25) is 0 Å². The number of hydrazone groups is 1. The predicted octanol–water partition coefficient (Wildman–Crippen LogP) is 4.04. The predicted molar refractivity (Wildman–Crippen MR) is 134 cm³/mol. The molecule has 0 aliphatic rings. The maximum atomic E-state index is 12.8. The minimum absolute atomic E-state index is 0.0625. The normalized spacial score (nSPS) is 12.1. The monoisotopic (exact) mass is 485 g/mol. The SMILES string of the molecule is CCOc1ccc(/C=N\NC(=O)[C@H](COCc2ccccc2)NC(=O)OC(C)(C)C)cc1OCC. The van der Waals surface area contributed by atoms with E-state index in [0.717, 1.165) is 5.56 Å². The van der Waals surface area contributed by atoms with Crippen molar-refractivity contribution < 1.29 is 28.5 Å². The number of amides is 2. The van der Waals surface area contributed by atoms with Gasteiger partial charge in [0.05, 0.1) is 32.6 Å². The van der Waals surface area contributed by atoms with Gasteiger partial charge in [0.25, 0.3) is 5.91 Å². The molecule has 0 fully saturated rings. The molecule has 0 radical (unpaired) electrons. The van der Waals surface area contributed by atoms with E-state index in [1.165, 1.54) is 6.21 Å². The molecule has 0 spiro atoms. The average Bonchev–Trinajstić information content (AvgIpc) is 2.80. The van der Waals surface area contributed by atoms with Crippen LogP contribution >= 0.6 is 0 Å². The smallest absolute Gasteiger partial charge is 0.408 e. The van der Waals surface area contributed by atoms with Crippen LogP contribution < -0.4 is 20.2 Å². The topological polar surface area (TPSA) is 107 Å². The Balaban J connectivity index is 2.03. The van der Waals surface area contributed by atoms with E-state index in [1.54, 1.807) is 39.0 Å². The Morgan fingerprint density at radius 3 is 2.34 bits per heavy atom. The molecule has 0 aromatic heterocycles. The van der Waals surface area contributed by atoms with E-state index in [2.05, 4.69) is 15.8 Å². The number of alkyl carbamates (subject to hydrolysis) is 1. The van der Waals surface area contributed by atoms with E-state index in [9.17, 15) is 9.59 Å². The highest BCUT2D eigenvalue weighted by Crippen LogP contribution is 2.27.